The largest absolute Gasteiger partial charge is 0.507 e. The van der Waals surface area contributed by atoms with Gasteiger partial charge in [0.2, 0.25) is 11.8 Å². The number of hydrogen-bond acceptors (Lipinski definition) is 7. The lowest BCUT2D eigenvalue weighted by Gasteiger charge is -2.31. The van der Waals surface area contributed by atoms with Crippen LogP contribution in [0.25, 0.3) is 11.6 Å². The number of phenols is 1. The third-order valence-corrected chi connectivity index (χ3v) is 10.3. The minimum atomic E-state index is -0.512. The first kappa shape index (κ1) is 33.2. The van der Waals surface area contributed by atoms with Gasteiger partial charge in [-0.1, -0.05) is 60.7 Å². The fourth-order valence-electron chi connectivity index (χ4n) is 7.84. The number of allylic oxidation sites excluding steroid dienone is 1. The Hall–Kier alpha value is -5.99. The van der Waals surface area contributed by atoms with Crippen molar-refractivity contribution in [2.45, 2.75) is 25.4 Å². The van der Waals surface area contributed by atoms with Gasteiger partial charge in [-0.15, -0.1) is 0 Å². The molecule has 4 aromatic carbocycles. The Morgan fingerprint density at radius 1 is 0.827 bits per heavy atom. The number of phenolic OH excluding ortho intramolecular Hbond substituents is 1. The smallest absolute Gasteiger partial charge is 0.238 e. The molecule has 0 unspecified atom stereocenters. The second kappa shape index (κ2) is 14.7. The molecular formula is C44H39N3O5. The van der Waals surface area contributed by atoms with Gasteiger partial charge in [-0.05, 0) is 109 Å². The van der Waals surface area contributed by atoms with Gasteiger partial charge < -0.3 is 19.9 Å². The normalized spacial score (nSPS) is 21.2. The van der Waals surface area contributed by atoms with E-state index in [-0.39, 0.29) is 29.6 Å². The minimum absolute atomic E-state index is 0.179. The summed E-state index contributed by atoms with van der Waals surface area (Å²) < 4.78 is 12.8. The Bertz CT molecular complexity index is 2120. The zero-order valence-corrected chi connectivity index (χ0v) is 28.6. The SMILES string of the molecule is O=C1[C@@H]2[C@@H](CC(COc3ccccc3)=C3[C@@H](CC/C(=C/c4ccccc4O)c4ccccn4)OC[C@@H]32)C(=O)N1c1ccc(Nc2ccccc2)cc1. The summed E-state index contributed by atoms with van der Waals surface area (Å²) in [6, 6.07) is 40.0. The van der Waals surface area contributed by atoms with Crippen LogP contribution in [-0.2, 0) is 14.3 Å². The molecule has 4 atom stereocenters. The van der Waals surface area contributed by atoms with Crippen LogP contribution in [-0.4, -0.2) is 41.2 Å². The predicted octanol–water partition coefficient (Wildman–Crippen LogP) is 8.45. The van der Waals surface area contributed by atoms with Crippen molar-refractivity contribution in [3.8, 4) is 11.5 Å². The molecule has 0 radical (unpaired) electrons. The molecule has 0 saturated carbocycles. The van der Waals surface area contributed by atoms with E-state index in [1.807, 2.05) is 121 Å². The Labute approximate surface area is 303 Å². The van der Waals surface area contributed by atoms with E-state index in [4.69, 9.17) is 9.47 Å². The minimum Gasteiger partial charge on any atom is -0.507 e. The lowest BCUT2D eigenvalue weighted by molar-refractivity contribution is -0.122. The van der Waals surface area contributed by atoms with Crippen LogP contribution in [0, 0.1) is 17.8 Å². The Kier molecular flexibility index (Phi) is 9.38. The van der Waals surface area contributed by atoms with Gasteiger partial charge in [-0.2, -0.15) is 0 Å². The molecule has 3 heterocycles. The zero-order valence-electron chi connectivity index (χ0n) is 28.6. The molecule has 8 nitrogen and oxygen atoms in total. The van der Waals surface area contributed by atoms with Crippen LogP contribution >= 0.6 is 0 Å². The second-order valence-corrected chi connectivity index (χ2v) is 13.5. The molecule has 2 amide bonds. The third kappa shape index (κ3) is 6.73. The number of para-hydroxylation sites is 3. The summed E-state index contributed by atoms with van der Waals surface area (Å²) in [5, 5.41) is 13.9. The highest BCUT2D eigenvalue weighted by molar-refractivity contribution is 6.22. The summed E-state index contributed by atoms with van der Waals surface area (Å²) in [6.07, 6.45) is 5.16. The van der Waals surface area contributed by atoms with E-state index in [9.17, 15) is 14.7 Å². The number of amides is 2. The van der Waals surface area contributed by atoms with Crippen molar-refractivity contribution in [1.29, 1.82) is 0 Å². The Morgan fingerprint density at radius 3 is 2.29 bits per heavy atom. The summed E-state index contributed by atoms with van der Waals surface area (Å²) in [4.78, 5) is 34.4. The number of benzene rings is 4. The van der Waals surface area contributed by atoms with Crippen molar-refractivity contribution in [2.75, 3.05) is 23.4 Å². The molecule has 260 valence electrons. The fourth-order valence-corrected chi connectivity index (χ4v) is 7.84. The van der Waals surface area contributed by atoms with Crippen molar-refractivity contribution in [2.24, 2.45) is 17.8 Å². The molecule has 2 fully saturated rings. The van der Waals surface area contributed by atoms with Crippen LogP contribution in [0.2, 0.25) is 0 Å². The topological polar surface area (TPSA) is 101 Å². The zero-order chi connectivity index (χ0) is 35.4. The highest BCUT2D eigenvalue weighted by Gasteiger charge is 2.57. The lowest BCUT2D eigenvalue weighted by Crippen LogP contribution is -2.35. The average molecular weight is 690 g/mol. The number of nitrogens with one attached hydrogen (secondary N) is 1. The first-order valence-corrected chi connectivity index (χ1v) is 17.7. The summed E-state index contributed by atoms with van der Waals surface area (Å²) in [7, 11) is 0. The summed E-state index contributed by atoms with van der Waals surface area (Å²) in [5.41, 5.74) is 6.98. The van der Waals surface area contributed by atoms with E-state index in [1.165, 1.54) is 4.90 Å². The fraction of sp³-hybridized carbons (Fsp3) is 0.205. The van der Waals surface area contributed by atoms with Crippen LogP contribution in [0.5, 0.6) is 11.5 Å². The molecule has 5 aromatic rings. The van der Waals surface area contributed by atoms with Gasteiger partial charge in [0, 0.05) is 29.1 Å². The van der Waals surface area contributed by atoms with Gasteiger partial charge in [-0.3, -0.25) is 19.5 Å². The third-order valence-electron chi connectivity index (χ3n) is 10.3. The standard InChI is InChI=1S/C44H39N3O5/c48-39-17-8-7-11-30(39)25-29(38-16-9-10-24-45-38)18-23-40-41-31(27-51-35-14-5-2-6-15-35)26-36-42(37(41)28-52-40)44(50)47(43(36)49)34-21-19-33(20-22-34)46-32-12-3-1-4-13-32/h1-17,19-22,24-25,36-37,40,42,46,48H,18,23,26-28H2/b29-25-/t36-,37+,40-,42-/m1/s1. The highest BCUT2D eigenvalue weighted by atomic mass is 16.5. The number of fused-ring (bicyclic) bond motifs is 3. The van der Waals surface area contributed by atoms with Crippen LogP contribution in [0.1, 0.15) is 30.5 Å². The first-order chi connectivity index (χ1) is 25.5. The summed E-state index contributed by atoms with van der Waals surface area (Å²) >= 11 is 0. The number of nitrogens with zero attached hydrogens (tertiary/aromatic N) is 2. The number of ether oxygens (including phenoxy) is 2. The van der Waals surface area contributed by atoms with Gasteiger partial charge in [0.15, 0.2) is 0 Å². The van der Waals surface area contributed by atoms with E-state index in [0.717, 1.165) is 39.5 Å². The monoisotopic (exact) mass is 689 g/mol. The highest BCUT2D eigenvalue weighted by Crippen LogP contribution is 2.51. The molecule has 0 spiro atoms. The van der Waals surface area contributed by atoms with Gasteiger partial charge in [0.05, 0.1) is 35.9 Å². The lowest BCUT2D eigenvalue weighted by atomic mass is 9.69. The number of pyridine rings is 1. The summed E-state index contributed by atoms with van der Waals surface area (Å²) in [5.74, 6) is -0.659. The number of carbonyl (C=O) groups is 2. The van der Waals surface area contributed by atoms with Crippen molar-refractivity contribution < 1.29 is 24.2 Å². The maximum absolute atomic E-state index is 14.3. The van der Waals surface area contributed by atoms with Crippen molar-refractivity contribution in [3.05, 3.63) is 156 Å². The number of aromatic nitrogens is 1. The van der Waals surface area contributed by atoms with Gasteiger partial charge in [-0.25, -0.2) is 0 Å². The molecule has 8 rings (SSSR count). The molecule has 1 aliphatic carbocycles. The Morgan fingerprint density at radius 2 is 1.54 bits per heavy atom. The van der Waals surface area contributed by atoms with Crippen LogP contribution in [0.3, 0.4) is 0 Å². The molecule has 2 aliphatic heterocycles. The van der Waals surface area contributed by atoms with E-state index in [2.05, 4.69) is 10.3 Å². The van der Waals surface area contributed by atoms with Crippen molar-refractivity contribution in [3.63, 3.8) is 0 Å². The Balaban J connectivity index is 1.07. The van der Waals surface area contributed by atoms with Crippen molar-refractivity contribution >= 4 is 40.5 Å². The van der Waals surface area contributed by atoms with E-state index in [0.29, 0.717) is 43.7 Å². The quantitative estimate of drug-likeness (QED) is 0.106. The number of rotatable bonds is 11. The summed E-state index contributed by atoms with van der Waals surface area (Å²) in [6.45, 7) is 0.659. The van der Waals surface area contributed by atoms with E-state index in [1.54, 1.807) is 18.3 Å². The number of aromatic hydroxyl groups is 1. The average Bonchev–Trinajstić information content (AvgIpc) is 3.72. The van der Waals surface area contributed by atoms with Gasteiger partial charge in [0.1, 0.15) is 18.1 Å². The van der Waals surface area contributed by atoms with E-state index < -0.39 is 11.8 Å². The van der Waals surface area contributed by atoms with Crippen LogP contribution < -0.4 is 15.0 Å². The number of imide groups is 1. The molecule has 2 saturated heterocycles. The van der Waals surface area contributed by atoms with Gasteiger partial charge in [0.25, 0.3) is 0 Å². The maximum Gasteiger partial charge on any atom is 0.238 e. The number of anilines is 3. The van der Waals surface area contributed by atoms with Crippen molar-refractivity contribution in [1.82, 2.24) is 4.98 Å². The molecule has 2 N–H and O–H groups in total. The second-order valence-electron chi connectivity index (χ2n) is 13.5. The molecule has 0 bridgehead atoms. The number of hydrogen-bond donors (Lipinski definition) is 2. The predicted molar refractivity (Wildman–Crippen MR) is 202 cm³/mol. The molecule has 1 aromatic heterocycles. The van der Waals surface area contributed by atoms with E-state index >= 15 is 0 Å². The molecule has 3 aliphatic rings. The molecule has 52 heavy (non-hydrogen) atoms. The molecular weight excluding hydrogens is 650 g/mol. The maximum atomic E-state index is 14.3. The molecule has 8 heteroatoms. The van der Waals surface area contributed by atoms with Crippen LogP contribution in [0.4, 0.5) is 17.1 Å². The van der Waals surface area contributed by atoms with Gasteiger partial charge >= 0.3 is 0 Å². The first-order valence-electron chi connectivity index (χ1n) is 17.7. The number of carbonyl (C=O) groups excluding carboxylic acids is 2. The van der Waals surface area contributed by atoms with Crippen LogP contribution in [0.15, 0.2) is 145 Å².